The van der Waals surface area contributed by atoms with Crippen molar-refractivity contribution in [2.24, 2.45) is 0 Å². The van der Waals surface area contributed by atoms with Crippen molar-refractivity contribution in [2.45, 2.75) is 13.3 Å². The van der Waals surface area contributed by atoms with Crippen LogP contribution in [0.5, 0.6) is 0 Å². The van der Waals surface area contributed by atoms with Crippen LogP contribution in [0.1, 0.15) is 12.5 Å². The summed E-state index contributed by atoms with van der Waals surface area (Å²) >= 11 is 0. The van der Waals surface area contributed by atoms with E-state index in [1.165, 1.54) is 16.7 Å². The van der Waals surface area contributed by atoms with Gasteiger partial charge in [0.2, 0.25) is 0 Å². The van der Waals surface area contributed by atoms with E-state index in [9.17, 15) is 0 Å². The molecule has 0 saturated heterocycles. The summed E-state index contributed by atoms with van der Waals surface area (Å²) < 4.78 is 0. The molecule has 0 bridgehead atoms. The van der Waals surface area contributed by atoms with E-state index in [0.717, 1.165) is 6.42 Å². The lowest BCUT2D eigenvalue weighted by molar-refractivity contribution is 1.19. The highest BCUT2D eigenvalue weighted by atomic mass is 14.0. The molecule has 1 aromatic carbocycles. The molecule has 0 aromatic heterocycles. The standard InChI is InChI=1S/C15H15/c1-13-6-5-9-15(11-10-13)12-14-7-3-2-4-8-14/h2-11H,12H2,1H3. The molecule has 0 nitrogen and oxygen atoms in total. The van der Waals surface area contributed by atoms with Gasteiger partial charge in [-0.3, -0.25) is 0 Å². The topological polar surface area (TPSA) is 0 Å². The molecular formula is C15H15. The minimum absolute atomic E-state index is 1.01. The Morgan fingerprint density at radius 3 is 2.60 bits per heavy atom. The van der Waals surface area contributed by atoms with Gasteiger partial charge in [-0.15, -0.1) is 0 Å². The average molecular weight is 195 g/mol. The molecule has 1 aliphatic rings. The average Bonchev–Trinajstić information content (AvgIpc) is 2.46. The molecule has 0 N–H and O–H groups in total. The van der Waals surface area contributed by atoms with Gasteiger partial charge in [0, 0.05) is 6.42 Å². The zero-order valence-corrected chi connectivity index (χ0v) is 8.98. The van der Waals surface area contributed by atoms with Crippen LogP contribution in [0.15, 0.2) is 65.8 Å². The minimum atomic E-state index is 1.01. The molecule has 0 heterocycles. The number of rotatable bonds is 2. The van der Waals surface area contributed by atoms with Crippen LogP contribution in [0.2, 0.25) is 0 Å². The first kappa shape index (κ1) is 9.97. The van der Waals surface area contributed by atoms with Crippen LogP contribution in [-0.2, 0) is 6.42 Å². The fourth-order valence-corrected chi connectivity index (χ4v) is 1.62. The molecular weight excluding hydrogens is 180 g/mol. The van der Waals surface area contributed by atoms with Crippen molar-refractivity contribution in [3.8, 4) is 0 Å². The van der Waals surface area contributed by atoms with E-state index in [1.54, 1.807) is 0 Å². The van der Waals surface area contributed by atoms with Crippen molar-refractivity contribution in [1.29, 1.82) is 0 Å². The Morgan fingerprint density at radius 1 is 1.00 bits per heavy atom. The van der Waals surface area contributed by atoms with Crippen LogP contribution in [-0.4, -0.2) is 0 Å². The number of allylic oxidation sites excluding steroid dienone is 6. The summed E-state index contributed by atoms with van der Waals surface area (Å²) in [6, 6.07) is 10.6. The molecule has 75 valence electrons. The first-order valence-electron chi connectivity index (χ1n) is 5.27. The van der Waals surface area contributed by atoms with Crippen LogP contribution in [0, 0.1) is 6.42 Å². The largest absolute Gasteiger partial charge is 0.0729 e. The first-order chi connectivity index (χ1) is 7.34. The predicted octanol–water partition coefficient (Wildman–Crippen LogP) is 3.88. The third kappa shape index (κ3) is 2.95. The van der Waals surface area contributed by atoms with Crippen LogP contribution < -0.4 is 0 Å². The summed E-state index contributed by atoms with van der Waals surface area (Å²) in [6.45, 7) is 2.12. The van der Waals surface area contributed by atoms with Gasteiger partial charge in [0.15, 0.2) is 0 Å². The van der Waals surface area contributed by atoms with E-state index in [2.05, 4.69) is 68.0 Å². The van der Waals surface area contributed by atoms with Crippen LogP contribution in [0.25, 0.3) is 0 Å². The Balaban J connectivity index is 2.08. The van der Waals surface area contributed by atoms with E-state index in [4.69, 9.17) is 0 Å². The number of hydrogen-bond acceptors (Lipinski definition) is 0. The highest BCUT2D eigenvalue weighted by Crippen LogP contribution is 2.14. The number of benzene rings is 1. The maximum absolute atomic E-state index is 2.20. The molecule has 0 atom stereocenters. The molecule has 0 saturated carbocycles. The quantitative estimate of drug-likeness (QED) is 0.672. The Kier molecular flexibility index (Phi) is 3.18. The molecule has 1 aliphatic carbocycles. The summed E-state index contributed by atoms with van der Waals surface area (Å²) in [5, 5.41) is 0. The van der Waals surface area contributed by atoms with Gasteiger partial charge in [-0.25, -0.2) is 0 Å². The predicted molar refractivity (Wildman–Crippen MR) is 65.4 cm³/mol. The summed E-state index contributed by atoms with van der Waals surface area (Å²) in [4.78, 5) is 0. The second-order valence-electron chi connectivity index (χ2n) is 3.84. The first-order valence-corrected chi connectivity index (χ1v) is 5.27. The van der Waals surface area contributed by atoms with Crippen molar-refractivity contribution in [3.63, 3.8) is 0 Å². The summed E-state index contributed by atoms with van der Waals surface area (Å²) in [5.41, 5.74) is 4.02. The van der Waals surface area contributed by atoms with Crippen LogP contribution >= 0.6 is 0 Å². The third-order valence-electron chi connectivity index (χ3n) is 2.48. The van der Waals surface area contributed by atoms with Gasteiger partial charge in [-0.2, -0.15) is 0 Å². The molecule has 0 spiro atoms. The van der Waals surface area contributed by atoms with Crippen molar-refractivity contribution in [1.82, 2.24) is 0 Å². The molecule has 1 radical (unpaired) electrons. The zero-order chi connectivity index (χ0) is 10.5. The van der Waals surface area contributed by atoms with Gasteiger partial charge in [0.1, 0.15) is 0 Å². The molecule has 15 heavy (non-hydrogen) atoms. The Morgan fingerprint density at radius 2 is 1.80 bits per heavy atom. The molecule has 0 unspecified atom stereocenters. The molecule has 1 aromatic rings. The van der Waals surface area contributed by atoms with E-state index >= 15 is 0 Å². The minimum Gasteiger partial charge on any atom is -0.0729 e. The third-order valence-corrected chi connectivity index (χ3v) is 2.48. The summed E-state index contributed by atoms with van der Waals surface area (Å²) in [7, 11) is 0. The van der Waals surface area contributed by atoms with Gasteiger partial charge < -0.3 is 0 Å². The molecule has 0 aliphatic heterocycles. The van der Waals surface area contributed by atoms with Crippen molar-refractivity contribution in [2.75, 3.05) is 0 Å². The smallest absolute Gasteiger partial charge is 0.00835 e. The van der Waals surface area contributed by atoms with E-state index in [0.29, 0.717) is 0 Å². The maximum atomic E-state index is 2.20. The molecule has 0 heteroatoms. The van der Waals surface area contributed by atoms with Gasteiger partial charge >= 0.3 is 0 Å². The Bertz CT molecular complexity index is 405. The Labute approximate surface area is 91.6 Å². The van der Waals surface area contributed by atoms with E-state index < -0.39 is 0 Å². The lowest BCUT2D eigenvalue weighted by Gasteiger charge is -2.01. The normalized spacial score (nSPS) is 15.5. The second kappa shape index (κ2) is 4.79. The maximum Gasteiger partial charge on any atom is 0.00835 e. The van der Waals surface area contributed by atoms with Crippen molar-refractivity contribution in [3.05, 3.63) is 77.8 Å². The highest BCUT2D eigenvalue weighted by molar-refractivity contribution is 5.38. The van der Waals surface area contributed by atoms with Gasteiger partial charge in [-0.05, 0) is 24.5 Å². The SMILES string of the molecule is CC1=CC=CC(Cc2ccccc2)=C[CH]1. The van der Waals surface area contributed by atoms with Gasteiger partial charge in [0.05, 0.1) is 0 Å². The van der Waals surface area contributed by atoms with Crippen LogP contribution in [0.4, 0.5) is 0 Å². The van der Waals surface area contributed by atoms with Crippen molar-refractivity contribution >= 4 is 0 Å². The lowest BCUT2D eigenvalue weighted by atomic mass is 10.0. The van der Waals surface area contributed by atoms with E-state index in [1.807, 2.05) is 0 Å². The summed E-state index contributed by atoms with van der Waals surface area (Å²) in [5.74, 6) is 0. The van der Waals surface area contributed by atoms with E-state index in [-0.39, 0.29) is 0 Å². The number of hydrogen-bond donors (Lipinski definition) is 0. The summed E-state index contributed by atoms with van der Waals surface area (Å²) in [6.07, 6.45) is 11.8. The Hall–Kier alpha value is -1.56. The zero-order valence-electron chi connectivity index (χ0n) is 8.98. The fraction of sp³-hybridized carbons (Fsp3) is 0.133. The molecule has 0 fully saturated rings. The fourth-order valence-electron chi connectivity index (χ4n) is 1.62. The van der Waals surface area contributed by atoms with Crippen molar-refractivity contribution < 1.29 is 0 Å². The monoisotopic (exact) mass is 195 g/mol. The van der Waals surface area contributed by atoms with Gasteiger partial charge in [-0.1, -0.05) is 60.2 Å². The second-order valence-corrected chi connectivity index (χ2v) is 3.84. The van der Waals surface area contributed by atoms with Gasteiger partial charge in [0.25, 0.3) is 0 Å². The lowest BCUT2D eigenvalue weighted by Crippen LogP contribution is -1.87. The molecule has 0 amide bonds. The van der Waals surface area contributed by atoms with Crippen LogP contribution in [0.3, 0.4) is 0 Å². The molecule has 2 rings (SSSR count). The highest BCUT2D eigenvalue weighted by Gasteiger charge is 1.98.